The van der Waals surface area contributed by atoms with Crippen LogP contribution in [-0.2, 0) is 10.2 Å². The molecule has 0 saturated heterocycles. The fourth-order valence-electron chi connectivity index (χ4n) is 1.28. The summed E-state index contributed by atoms with van der Waals surface area (Å²) in [6, 6.07) is 3.87. The van der Waals surface area contributed by atoms with Crippen LogP contribution in [0.3, 0.4) is 0 Å². The number of hydrogen-bond donors (Lipinski definition) is 1. The Morgan fingerprint density at radius 2 is 2.07 bits per heavy atom. The number of rotatable bonds is 1. The lowest BCUT2D eigenvalue weighted by molar-refractivity contribution is -0.114. The molecule has 0 aliphatic rings. The summed E-state index contributed by atoms with van der Waals surface area (Å²) < 4.78 is 0. The summed E-state index contributed by atoms with van der Waals surface area (Å²) in [5.74, 6) is 0.571. The van der Waals surface area contributed by atoms with Gasteiger partial charge in [0, 0.05) is 18.7 Å². The molecule has 1 aromatic heterocycles. The van der Waals surface area contributed by atoms with Crippen LogP contribution < -0.4 is 5.32 Å². The molecule has 1 rings (SSSR count). The second-order valence-corrected chi connectivity index (χ2v) is 4.33. The van der Waals surface area contributed by atoms with Gasteiger partial charge in [-0.3, -0.25) is 4.79 Å². The first-order chi connectivity index (χ1) is 6.41. The molecule has 0 atom stereocenters. The first kappa shape index (κ1) is 10.7. The average Bonchev–Trinajstić information content (AvgIpc) is 2.01. The molecule has 0 bridgehead atoms. The second-order valence-electron chi connectivity index (χ2n) is 4.33. The van der Waals surface area contributed by atoms with E-state index >= 15 is 0 Å². The summed E-state index contributed by atoms with van der Waals surface area (Å²) in [7, 11) is 0. The van der Waals surface area contributed by atoms with Gasteiger partial charge < -0.3 is 5.32 Å². The molecule has 1 N–H and O–H groups in total. The molecule has 3 nitrogen and oxygen atoms in total. The molecule has 0 radical (unpaired) electrons. The molecule has 0 spiro atoms. The molecule has 0 fully saturated rings. The van der Waals surface area contributed by atoms with Gasteiger partial charge in [-0.1, -0.05) is 26.8 Å². The van der Waals surface area contributed by atoms with Crippen molar-refractivity contribution < 1.29 is 4.79 Å². The number of nitrogens with one attached hydrogen (secondary N) is 1. The Hall–Kier alpha value is -1.38. The van der Waals surface area contributed by atoms with Gasteiger partial charge >= 0.3 is 0 Å². The minimum atomic E-state index is -0.0887. The number of amides is 1. The number of carbonyl (C=O) groups is 1. The summed E-state index contributed by atoms with van der Waals surface area (Å²) >= 11 is 0. The van der Waals surface area contributed by atoms with Crippen molar-refractivity contribution in [1.82, 2.24) is 4.98 Å². The summed E-state index contributed by atoms with van der Waals surface area (Å²) in [6.45, 7) is 7.76. The third-order valence-corrected chi connectivity index (χ3v) is 1.91. The Labute approximate surface area is 84.6 Å². The van der Waals surface area contributed by atoms with Gasteiger partial charge in [0.05, 0.1) is 0 Å². The summed E-state index contributed by atoms with van der Waals surface area (Å²) in [5.41, 5.74) is 1.04. The Kier molecular flexibility index (Phi) is 2.89. The van der Waals surface area contributed by atoms with Gasteiger partial charge in [0.2, 0.25) is 5.91 Å². The van der Waals surface area contributed by atoms with E-state index in [-0.39, 0.29) is 11.3 Å². The molecule has 0 aliphatic carbocycles. The molecule has 1 amide bonds. The van der Waals surface area contributed by atoms with E-state index in [1.807, 2.05) is 12.1 Å². The minimum absolute atomic E-state index is 0.00789. The topological polar surface area (TPSA) is 42.0 Å². The summed E-state index contributed by atoms with van der Waals surface area (Å²) in [5, 5.41) is 2.73. The first-order valence-corrected chi connectivity index (χ1v) is 4.64. The van der Waals surface area contributed by atoms with Crippen molar-refractivity contribution in [2.45, 2.75) is 33.1 Å². The summed E-state index contributed by atoms with van der Waals surface area (Å²) in [4.78, 5) is 15.1. The van der Waals surface area contributed by atoms with Crippen LogP contribution in [0.1, 0.15) is 33.3 Å². The van der Waals surface area contributed by atoms with E-state index in [0.717, 1.165) is 5.56 Å². The SMILES string of the molecule is CC(=O)Nc1ncccc1C(C)(C)C. The van der Waals surface area contributed by atoms with Crippen molar-refractivity contribution >= 4 is 11.7 Å². The zero-order chi connectivity index (χ0) is 10.8. The van der Waals surface area contributed by atoms with Crippen LogP contribution in [0.15, 0.2) is 18.3 Å². The smallest absolute Gasteiger partial charge is 0.222 e. The Morgan fingerprint density at radius 3 is 2.57 bits per heavy atom. The third-order valence-electron chi connectivity index (χ3n) is 1.91. The number of nitrogens with zero attached hydrogens (tertiary/aromatic N) is 1. The largest absolute Gasteiger partial charge is 0.311 e. The highest BCUT2D eigenvalue weighted by Crippen LogP contribution is 2.27. The van der Waals surface area contributed by atoms with Gasteiger partial charge in [-0.25, -0.2) is 4.98 Å². The molecule has 0 aliphatic heterocycles. The molecule has 3 heteroatoms. The van der Waals surface area contributed by atoms with E-state index < -0.39 is 0 Å². The van der Waals surface area contributed by atoms with Crippen molar-refractivity contribution in [2.24, 2.45) is 0 Å². The normalized spacial score (nSPS) is 11.1. The number of anilines is 1. The van der Waals surface area contributed by atoms with E-state index in [1.54, 1.807) is 6.20 Å². The van der Waals surface area contributed by atoms with Gasteiger partial charge in [-0.15, -0.1) is 0 Å². The van der Waals surface area contributed by atoms with E-state index in [2.05, 4.69) is 31.1 Å². The summed E-state index contributed by atoms with van der Waals surface area (Å²) in [6.07, 6.45) is 1.68. The van der Waals surface area contributed by atoms with Crippen molar-refractivity contribution in [3.8, 4) is 0 Å². The molecule has 76 valence electrons. The van der Waals surface area contributed by atoms with Crippen molar-refractivity contribution in [3.05, 3.63) is 23.9 Å². The molecular formula is C11H16N2O. The Balaban J connectivity index is 3.10. The maximum Gasteiger partial charge on any atom is 0.222 e. The zero-order valence-corrected chi connectivity index (χ0v) is 9.09. The van der Waals surface area contributed by atoms with E-state index in [9.17, 15) is 4.79 Å². The molecule has 1 aromatic rings. The average molecular weight is 192 g/mol. The predicted molar refractivity (Wildman–Crippen MR) is 57.2 cm³/mol. The minimum Gasteiger partial charge on any atom is -0.311 e. The fourth-order valence-corrected chi connectivity index (χ4v) is 1.28. The quantitative estimate of drug-likeness (QED) is 0.742. The van der Waals surface area contributed by atoms with Crippen molar-refractivity contribution in [1.29, 1.82) is 0 Å². The molecule has 0 aromatic carbocycles. The highest BCUT2D eigenvalue weighted by molar-refractivity contribution is 5.88. The van der Waals surface area contributed by atoms with Crippen LogP contribution in [0.25, 0.3) is 0 Å². The number of pyridine rings is 1. The van der Waals surface area contributed by atoms with Crippen LogP contribution in [0, 0.1) is 0 Å². The van der Waals surface area contributed by atoms with E-state index in [0.29, 0.717) is 5.82 Å². The van der Waals surface area contributed by atoms with Gasteiger partial charge in [-0.2, -0.15) is 0 Å². The van der Waals surface area contributed by atoms with Crippen molar-refractivity contribution in [3.63, 3.8) is 0 Å². The van der Waals surface area contributed by atoms with Gasteiger partial charge in [0.1, 0.15) is 5.82 Å². The fraction of sp³-hybridized carbons (Fsp3) is 0.455. The van der Waals surface area contributed by atoms with Gasteiger partial charge in [0.25, 0.3) is 0 Å². The van der Waals surface area contributed by atoms with Crippen LogP contribution in [-0.4, -0.2) is 10.9 Å². The predicted octanol–water partition coefficient (Wildman–Crippen LogP) is 2.34. The molecule has 0 unspecified atom stereocenters. The van der Waals surface area contributed by atoms with Gasteiger partial charge in [0.15, 0.2) is 0 Å². The molecular weight excluding hydrogens is 176 g/mol. The highest BCUT2D eigenvalue weighted by atomic mass is 16.1. The van der Waals surface area contributed by atoms with Crippen LogP contribution >= 0.6 is 0 Å². The maximum absolute atomic E-state index is 10.9. The lowest BCUT2D eigenvalue weighted by atomic mass is 9.87. The number of aromatic nitrogens is 1. The standard InChI is InChI=1S/C11H16N2O/c1-8(14)13-10-9(11(2,3)4)6-5-7-12-10/h5-7H,1-4H3,(H,12,13,14). The monoisotopic (exact) mass is 192 g/mol. The zero-order valence-electron chi connectivity index (χ0n) is 9.09. The van der Waals surface area contributed by atoms with Crippen LogP contribution in [0.5, 0.6) is 0 Å². The van der Waals surface area contributed by atoms with Crippen molar-refractivity contribution in [2.75, 3.05) is 5.32 Å². The van der Waals surface area contributed by atoms with Gasteiger partial charge in [-0.05, 0) is 11.5 Å². The maximum atomic E-state index is 10.9. The second kappa shape index (κ2) is 3.78. The Morgan fingerprint density at radius 1 is 1.43 bits per heavy atom. The number of hydrogen-bond acceptors (Lipinski definition) is 2. The first-order valence-electron chi connectivity index (χ1n) is 4.64. The molecule has 14 heavy (non-hydrogen) atoms. The highest BCUT2D eigenvalue weighted by Gasteiger charge is 2.18. The molecule has 0 saturated carbocycles. The van der Waals surface area contributed by atoms with Crippen LogP contribution in [0.2, 0.25) is 0 Å². The Bertz CT molecular complexity index is 339. The lowest BCUT2D eigenvalue weighted by Gasteiger charge is -2.21. The molecule has 1 heterocycles. The number of carbonyl (C=O) groups excluding carboxylic acids is 1. The van der Waals surface area contributed by atoms with E-state index in [4.69, 9.17) is 0 Å². The van der Waals surface area contributed by atoms with Crippen LogP contribution in [0.4, 0.5) is 5.82 Å². The van der Waals surface area contributed by atoms with E-state index in [1.165, 1.54) is 6.92 Å². The lowest BCUT2D eigenvalue weighted by Crippen LogP contribution is -2.17. The third kappa shape index (κ3) is 2.55.